The van der Waals surface area contributed by atoms with Crippen LogP contribution in [0.15, 0.2) is 64.4 Å². The summed E-state index contributed by atoms with van der Waals surface area (Å²) in [7, 11) is 0. The van der Waals surface area contributed by atoms with Gasteiger partial charge in [0.1, 0.15) is 0 Å². The second-order valence-electron chi connectivity index (χ2n) is 5.23. The molecule has 0 atom stereocenters. The highest BCUT2D eigenvalue weighted by Gasteiger charge is 2.21. The molecule has 0 radical (unpaired) electrons. The van der Waals surface area contributed by atoms with Gasteiger partial charge in [0.15, 0.2) is 0 Å². The van der Waals surface area contributed by atoms with Crippen molar-refractivity contribution in [3.8, 4) is 0 Å². The third-order valence-electron chi connectivity index (χ3n) is 3.47. The Labute approximate surface area is 149 Å². The SMILES string of the molecule is O=C(C=C1Sc2ccccc2NC1=O)NCCc1ccc(Cl)cc1. The van der Waals surface area contributed by atoms with E-state index < -0.39 is 0 Å². The van der Waals surface area contributed by atoms with Crippen LogP contribution in [-0.2, 0) is 16.0 Å². The van der Waals surface area contributed by atoms with Gasteiger partial charge in [0, 0.05) is 22.5 Å². The van der Waals surface area contributed by atoms with Crippen LogP contribution in [0.1, 0.15) is 5.56 Å². The van der Waals surface area contributed by atoms with Crippen LogP contribution in [0.25, 0.3) is 0 Å². The lowest BCUT2D eigenvalue weighted by atomic mass is 10.1. The van der Waals surface area contributed by atoms with Gasteiger partial charge < -0.3 is 10.6 Å². The molecule has 6 heteroatoms. The molecule has 1 heterocycles. The van der Waals surface area contributed by atoms with Crippen molar-refractivity contribution >= 4 is 40.9 Å². The third-order valence-corrected chi connectivity index (χ3v) is 4.82. The summed E-state index contributed by atoms with van der Waals surface area (Å²) in [4.78, 5) is 25.4. The van der Waals surface area contributed by atoms with Crippen LogP contribution >= 0.6 is 23.4 Å². The monoisotopic (exact) mass is 358 g/mol. The molecule has 0 spiro atoms. The van der Waals surface area contributed by atoms with E-state index in [1.807, 2.05) is 48.5 Å². The van der Waals surface area contributed by atoms with Crippen molar-refractivity contribution in [3.05, 3.63) is 70.1 Å². The van der Waals surface area contributed by atoms with Gasteiger partial charge in [0.2, 0.25) is 5.91 Å². The summed E-state index contributed by atoms with van der Waals surface area (Å²) in [6.45, 7) is 0.493. The standard InChI is InChI=1S/C18H15ClN2O2S/c19-13-7-5-12(6-8-13)9-10-20-17(22)11-16-18(23)21-14-3-1-2-4-15(14)24-16/h1-8,11H,9-10H2,(H,20,22)(H,21,23). The number of amides is 2. The molecule has 2 aromatic rings. The van der Waals surface area contributed by atoms with Gasteiger partial charge in [-0.1, -0.05) is 47.6 Å². The molecule has 0 bridgehead atoms. The first-order chi connectivity index (χ1) is 11.6. The highest BCUT2D eigenvalue weighted by atomic mass is 35.5. The minimum absolute atomic E-state index is 0.258. The molecule has 4 nitrogen and oxygen atoms in total. The van der Waals surface area contributed by atoms with Gasteiger partial charge in [0.25, 0.3) is 5.91 Å². The van der Waals surface area contributed by atoms with E-state index in [1.165, 1.54) is 17.8 Å². The largest absolute Gasteiger partial charge is 0.352 e. The van der Waals surface area contributed by atoms with Crippen molar-refractivity contribution in [1.82, 2.24) is 5.32 Å². The highest BCUT2D eigenvalue weighted by Crippen LogP contribution is 2.37. The zero-order valence-electron chi connectivity index (χ0n) is 12.7. The molecular formula is C18H15ClN2O2S. The minimum atomic E-state index is -0.277. The van der Waals surface area contributed by atoms with E-state index in [1.54, 1.807) is 0 Å². The van der Waals surface area contributed by atoms with E-state index >= 15 is 0 Å². The molecule has 0 aromatic heterocycles. The van der Waals surface area contributed by atoms with Gasteiger partial charge in [-0.3, -0.25) is 9.59 Å². The van der Waals surface area contributed by atoms with Crippen molar-refractivity contribution in [2.24, 2.45) is 0 Å². The lowest BCUT2D eigenvalue weighted by molar-refractivity contribution is -0.117. The van der Waals surface area contributed by atoms with Gasteiger partial charge in [-0.25, -0.2) is 0 Å². The Morgan fingerprint density at radius 3 is 2.71 bits per heavy atom. The molecule has 0 unspecified atom stereocenters. The van der Waals surface area contributed by atoms with E-state index in [-0.39, 0.29) is 11.8 Å². The molecule has 2 amide bonds. The maximum Gasteiger partial charge on any atom is 0.262 e. The molecule has 0 saturated carbocycles. The number of anilines is 1. The fourth-order valence-electron chi connectivity index (χ4n) is 2.25. The van der Waals surface area contributed by atoms with Crippen LogP contribution in [0.5, 0.6) is 0 Å². The summed E-state index contributed by atoms with van der Waals surface area (Å²) in [6, 6.07) is 15.0. The summed E-state index contributed by atoms with van der Waals surface area (Å²) in [5, 5.41) is 6.27. The smallest absolute Gasteiger partial charge is 0.262 e. The number of benzene rings is 2. The predicted octanol–water partition coefficient (Wildman–Crippen LogP) is 3.63. The molecule has 2 aromatic carbocycles. The number of rotatable bonds is 4. The lowest BCUT2D eigenvalue weighted by Gasteiger charge is -2.17. The van der Waals surface area contributed by atoms with Gasteiger partial charge in [-0.15, -0.1) is 0 Å². The number of fused-ring (bicyclic) bond motifs is 1. The van der Waals surface area contributed by atoms with Crippen molar-refractivity contribution in [2.75, 3.05) is 11.9 Å². The van der Waals surface area contributed by atoms with Crippen molar-refractivity contribution in [1.29, 1.82) is 0 Å². The molecule has 122 valence electrons. The average Bonchev–Trinajstić information content (AvgIpc) is 2.57. The van der Waals surface area contributed by atoms with Gasteiger partial charge >= 0.3 is 0 Å². The van der Waals surface area contributed by atoms with E-state index in [4.69, 9.17) is 11.6 Å². The summed E-state index contributed by atoms with van der Waals surface area (Å²) in [5.41, 5.74) is 1.86. The number of hydrogen-bond acceptors (Lipinski definition) is 3. The Hall–Kier alpha value is -2.24. The van der Waals surface area contributed by atoms with E-state index in [0.29, 0.717) is 22.9 Å². The molecular weight excluding hydrogens is 344 g/mol. The maximum absolute atomic E-state index is 12.0. The van der Waals surface area contributed by atoms with E-state index in [2.05, 4.69) is 10.6 Å². The minimum Gasteiger partial charge on any atom is -0.352 e. The third kappa shape index (κ3) is 4.19. The Morgan fingerprint density at radius 1 is 1.17 bits per heavy atom. The number of carbonyl (C=O) groups excluding carboxylic acids is 2. The van der Waals surface area contributed by atoms with Crippen LogP contribution in [0.2, 0.25) is 5.02 Å². The lowest BCUT2D eigenvalue weighted by Crippen LogP contribution is -2.26. The summed E-state index contributed by atoms with van der Waals surface area (Å²) in [6.07, 6.45) is 2.05. The summed E-state index contributed by atoms with van der Waals surface area (Å²) >= 11 is 7.14. The molecule has 0 fully saturated rings. The van der Waals surface area contributed by atoms with E-state index in [9.17, 15) is 9.59 Å². The Kier molecular flexibility index (Phi) is 5.23. The average molecular weight is 359 g/mol. The topological polar surface area (TPSA) is 58.2 Å². The second kappa shape index (κ2) is 7.55. The number of nitrogens with one attached hydrogen (secondary N) is 2. The number of thioether (sulfide) groups is 1. The Bertz CT molecular complexity index is 803. The number of hydrogen-bond donors (Lipinski definition) is 2. The maximum atomic E-state index is 12.0. The molecule has 1 aliphatic rings. The molecule has 0 saturated heterocycles. The van der Waals surface area contributed by atoms with Gasteiger partial charge in [-0.05, 0) is 36.2 Å². The Morgan fingerprint density at radius 2 is 1.92 bits per heavy atom. The first-order valence-corrected chi connectivity index (χ1v) is 8.63. The van der Waals surface area contributed by atoms with Crippen molar-refractivity contribution < 1.29 is 9.59 Å². The molecule has 2 N–H and O–H groups in total. The molecule has 3 rings (SSSR count). The number of halogens is 1. The van der Waals surface area contributed by atoms with E-state index in [0.717, 1.165) is 16.1 Å². The zero-order chi connectivity index (χ0) is 16.9. The molecule has 0 aliphatic carbocycles. The van der Waals surface area contributed by atoms with Gasteiger partial charge in [-0.2, -0.15) is 0 Å². The first-order valence-electron chi connectivity index (χ1n) is 7.44. The second-order valence-corrected chi connectivity index (χ2v) is 6.75. The summed E-state index contributed by atoms with van der Waals surface area (Å²) in [5.74, 6) is -0.535. The number of carbonyl (C=O) groups is 2. The fourth-order valence-corrected chi connectivity index (χ4v) is 3.30. The summed E-state index contributed by atoms with van der Waals surface area (Å²) < 4.78 is 0. The predicted molar refractivity (Wildman–Crippen MR) is 97.2 cm³/mol. The molecule has 1 aliphatic heterocycles. The van der Waals surface area contributed by atoms with Crippen LogP contribution in [0.3, 0.4) is 0 Å². The van der Waals surface area contributed by atoms with Crippen LogP contribution in [0, 0.1) is 0 Å². The van der Waals surface area contributed by atoms with Crippen LogP contribution in [-0.4, -0.2) is 18.4 Å². The van der Waals surface area contributed by atoms with Gasteiger partial charge in [0.05, 0.1) is 10.6 Å². The van der Waals surface area contributed by atoms with Crippen LogP contribution in [0.4, 0.5) is 5.69 Å². The fraction of sp³-hybridized carbons (Fsp3) is 0.111. The number of para-hydroxylation sites is 1. The Balaban J connectivity index is 1.57. The van der Waals surface area contributed by atoms with Crippen molar-refractivity contribution in [3.63, 3.8) is 0 Å². The first kappa shape index (κ1) is 16.6. The van der Waals surface area contributed by atoms with Crippen molar-refractivity contribution in [2.45, 2.75) is 11.3 Å². The zero-order valence-corrected chi connectivity index (χ0v) is 14.3. The quantitative estimate of drug-likeness (QED) is 0.820. The normalized spacial score (nSPS) is 14.9. The highest BCUT2D eigenvalue weighted by molar-refractivity contribution is 8.04. The molecule has 24 heavy (non-hydrogen) atoms. The van der Waals surface area contributed by atoms with Crippen LogP contribution < -0.4 is 10.6 Å².